The van der Waals surface area contributed by atoms with Crippen molar-refractivity contribution in [3.05, 3.63) is 51.6 Å². The van der Waals surface area contributed by atoms with Crippen LogP contribution < -0.4 is 14.4 Å². The fourth-order valence-corrected chi connectivity index (χ4v) is 4.99. The number of hydrogen-bond acceptors (Lipinski definition) is 9. The number of hydrogen-bond donors (Lipinski definition) is 0. The number of rotatable bonds is 9. The number of thiazole rings is 1. The van der Waals surface area contributed by atoms with Gasteiger partial charge in [-0.1, -0.05) is 11.3 Å². The van der Waals surface area contributed by atoms with E-state index >= 15 is 0 Å². The molecule has 0 radical (unpaired) electrons. The molecule has 1 aliphatic heterocycles. The second-order valence-corrected chi connectivity index (χ2v) is 8.99. The van der Waals surface area contributed by atoms with Crippen molar-refractivity contribution in [1.29, 1.82) is 0 Å². The summed E-state index contributed by atoms with van der Waals surface area (Å²) >= 11 is 0.929. The van der Waals surface area contributed by atoms with E-state index in [0.717, 1.165) is 42.6 Å². The molecule has 1 saturated heterocycles. The van der Waals surface area contributed by atoms with Gasteiger partial charge in [-0.25, -0.2) is 13.8 Å². The van der Waals surface area contributed by atoms with Gasteiger partial charge in [-0.3, -0.25) is 24.7 Å². The van der Waals surface area contributed by atoms with Crippen LogP contribution in [0.5, 0.6) is 11.5 Å². The molecule has 0 unspecified atom stereocenters. The average Bonchev–Trinajstić information content (AvgIpc) is 3.30. The number of amides is 1. The number of halogens is 2. The Morgan fingerprint density at radius 1 is 1.19 bits per heavy atom. The zero-order chi connectivity index (χ0) is 25.8. The largest absolute Gasteiger partial charge is 0.493 e. The van der Waals surface area contributed by atoms with E-state index in [1.165, 1.54) is 25.2 Å². The second-order valence-electron chi connectivity index (χ2n) is 7.98. The minimum absolute atomic E-state index is 0.0795. The van der Waals surface area contributed by atoms with Gasteiger partial charge >= 0.3 is 0 Å². The monoisotopic (exact) mass is 522 g/mol. The first-order valence-electron chi connectivity index (χ1n) is 11.1. The van der Waals surface area contributed by atoms with E-state index in [2.05, 4.69) is 9.88 Å². The number of benzene rings is 2. The molecule has 13 heteroatoms. The van der Waals surface area contributed by atoms with Crippen LogP contribution in [-0.4, -0.2) is 74.3 Å². The van der Waals surface area contributed by atoms with Crippen molar-refractivity contribution in [3.63, 3.8) is 0 Å². The number of methoxy groups -OCH3 is 2. The number of carbonyl (C=O) groups is 1. The Morgan fingerprint density at radius 2 is 1.89 bits per heavy atom. The van der Waals surface area contributed by atoms with E-state index in [1.807, 2.05) is 0 Å². The zero-order valence-corrected chi connectivity index (χ0v) is 20.5. The van der Waals surface area contributed by atoms with Crippen LogP contribution in [0.25, 0.3) is 10.2 Å². The van der Waals surface area contributed by atoms with Crippen LogP contribution in [0.2, 0.25) is 0 Å². The van der Waals surface area contributed by atoms with Gasteiger partial charge in [-0.05, 0) is 12.5 Å². The third kappa shape index (κ3) is 5.37. The lowest BCUT2D eigenvalue weighted by molar-refractivity contribution is -0.385. The van der Waals surface area contributed by atoms with E-state index in [4.69, 9.17) is 14.2 Å². The smallest absolute Gasteiger partial charge is 0.286 e. The molecule has 2 aromatic carbocycles. The minimum Gasteiger partial charge on any atom is -0.493 e. The first kappa shape index (κ1) is 25.7. The van der Waals surface area contributed by atoms with E-state index < -0.39 is 28.2 Å². The molecule has 0 N–H and O–H groups in total. The van der Waals surface area contributed by atoms with Gasteiger partial charge in [0.25, 0.3) is 11.6 Å². The number of carbonyl (C=O) groups excluding carboxylic acids is 1. The number of anilines is 1. The standard InChI is InChI=1S/C23H24F2N4O6S/c1-33-18-12-15(17(29(31)32)13-19(18)34-2)22(30)28(5-3-4-27-6-8-35-9-7-27)23-26-21-16(25)10-14(24)11-20(21)36-23/h10-13H,3-9H2,1-2H3. The molecule has 1 aliphatic rings. The highest BCUT2D eigenvalue weighted by Gasteiger charge is 2.30. The van der Waals surface area contributed by atoms with Crippen LogP contribution in [0.4, 0.5) is 19.6 Å². The van der Waals surface area contributed by atoms with Crippen LogP contribution in [0.3, 0.4) is 0 Å². The van der Waals surface area contributed by atoms with Crippen molar-refractivity contribution in [2.45, 2.75) is 6.42 Å². The Kier molecular flexibility index (Phi) is 7.91. The van der Waals surface area contributed by atoms with Gasteiger partial charge in [0.2, 0.25) is 0 Å². The lowest BCUT2D eigenvalue weighted by atomic mass is 10.1. The van der Waals surface area contributed by atoms with Gasteiger partial charge in [-0.15, -0.1) is 0 Å². The quantitative estimate of drug-likeness (QED) is 0.308. The van der Waals surface area contributed by atoms with Crippen LogP contribution in [0.15, 0.2) is 24.3 Å². The van der Waals surface area contributed by atoms with Crippen LogP contribution in [-0.2, 0) is 4.74 Å². The third-order valence-electron chi connectivity index (χ3n) is 5.77. The molecule has 4 rings (SSSR count). The number of morpholine rings is 1. The number of nitrogens with zero attached hydrogens (tertiary/aromatic N) is 4. The van der Waals surface area contributed by atoms with Gasteiger partial charge in [0.05, 0.1) is 43.1 Å². The topological polar surface area (TPSA) is 107 Å². The summed E-state index contributed by atoms with van der Waals surface area (Å²) < 4.78 is 44.1. The fraction of sp³-hybridized carbons (Fsp3) is 0.391. The summed E-state index contributed by atoms with van der Waals surface area (Å²) in [5.74, 6) is -2.11. The summed E-state index contributed by atoms with van der Waals surface area (Å²) in [6.45, 7) is 3.52. The van der Waals surface area contributed by atoms with Gasteiger partial charge in [0, 0.05) is 38.3 Å². The molecule has 0 spiro atoms. The van der Waals surface area contributed by atoms with E-state index in [0.29, 0.717) is 26.2 Å². The van der Waals surface area contributed by atoms with Crippen molar-refractivity contribution >= 4 is 38.3 Å². The van der Waals surface area contributed by atoms with E-state index in [1.54, 1.807) is 0 Å². The average molecular weight is 523 g/mol. The Morgan fingerprint density at radius 3 is 2.56 bits per heavy atom. The molecular weight excluding hydrogens is 498 g/mol. The SMILES string of the molecule is COc1cc(C(=O)N(CCCN2CCOCC2)c2nc3c(F)cc(F)cc3s2)c([N+](=O)[O-])cc1OC. The Labute approximate surface area is 209 Å². The summed E-state index contributed by atoms with van der Waals surface area (Å²) in [7, 11) is 2.68. The number of fused-ring (bicyclic) bond motifs is 1. The molecule has 0 atom stereocenters. The molecule has 1 amide bonds. The van der Waals surface area contributed by atoms with Crippen molar-refractivity contribution in [3.8, 4) is 11.5 Å². The van der Waals surface area contributed by atoms with Crippen LogP contribution in [0.1, 0.15) is 16.8 Å². The molecule has 3 aromatic rings. The summed E-state index contributed by atoms with van der Waals surface area (Å²) in [4.78, 5) is 32.5. The predicted octanol–water partition coefficient (Wildman–Crippen LogP) is 3.87. The Bertz CT molecular complexity index is 1280. The van der Waals surface area contributed by atoms with E-state index in [9.17, 15) is 23.7 Å². The van der Waals surface area contributed by atoms with Gasteiger partial charge in [-0.2, -0.15) is 0 Å². The van der Waals surface area contributed by atoms with Crippen molar-refractivity contribution < 1.29 is 32.7 Å². The Balaban J connectivity index is 1.73. The van der Waals surface area contributed by atoms with Crippen LogP contribution in [0, 0.1) is 21.7 Å². The van der Waals surface area contributed by atoms with Crippen molar-refractivity contribution in [2.75, 3.05) is 58.5 Å². The number of nitro groups is 1. The van der Waals surface area contributed by atoms with E-state index in [-0.39, 0.29) is 39.0 Å². The molecule has 10 nitrogen and oxygen atoms in total. The Hall–Kier alpha value is -3.42. The number of nitro benzene ring substituents is 1. The lowest BCUT2D eigenvalue weighted by Crippen LogP contribution is -2.39. The van der Waals surface area contributed by atoms with Gasteiger partial charge < -0.3 is 14.2 Å². The zero-order valence-electron chi connectivity index (χ0n) is 19.7. The summed E-state index contributed by atoms with van der Waals surface area (Å²) in [6, 6.07) is 4.21. The molecule has 1 fully saturated rings. The second kappa shape index (κ2) is 11.1. The van der Waals surface area contributed by atoms with Gasteiger partial charge in [0.1, 0.15) is 16.9 Å². The van der Waals surface area contributed by atoms with Crippen molar-refractivity contribution in [1.82, 2.24) is 9.88 Å². The number of aromatic nitrogens is 1. The van der Waals surface area contributed by atoms with Crippen molar-refractivity contribution in [2.24, 2.45) is 0 Å². The molecule has 2 heterocycles. The number of ether oxygens (including phenoxy) is 3. The minimum atomic E-state index is -0.856. The lowest BCUT2D eigenvalue weighted by Gasteiger charge is -2.27. The maximum absolute atomic E-state index is 14.4. The summed E-state index contributed by atoms with van der Waals surface area (Å²) in [6.07, 6.45) is 0.513. The van der Waals surface area contributed by atoms with Gasteiger partial charge in [0.15, 0.2) is 22.4 Å². The molecule has 36 heavy (non-hydrogen) atoms. The molecule has 192 valence electrons. The summed E-state index contributed by atoms with van der Waals surface area (Å²) in [5, 5.41) is 11.9. The molecular formula is C23H24F2N4O6S. The van der Waals surface area contributed by atoms with Crippen LogP contribution >= 0.6 is 11.3 Å². The third-order valence-corrected chi connectivity index (χ3v) is 6.79. The highest BCUT2D eigenvalue weighted by Crippen LogP contribution is 2.37. The maximum Gasteiger partial charge on any atom is 0.286 e. The molecule has 0 aliphatic carbocycles. The molecule has 0 bridgehead atoms. The molecule has 1 aromatic heterocycles. The highest BCUT2D eigenvalue weighted by atomic mass is 32.1. The predicted molar refractivity (Wildman–Crippen MR) is 129 cm³/mol. The fourth-order valence-electron chi connectivity index (χ4n) is 3.96. The highest BCUT2D eigenvalue weighted by molar-refractivity contribution is 7.22. The maximum atomic E-state index is 14.4. The first-order valence-corrected chi connectivity index (χ1v) is 11.9. The first-order chi connectivity index (χ1) is 17.3. The summed E-state index contributed by atoms with van der Waals surface area (Å²) in [5.41, 5.74) is -0.798. The normalized spacial score (nSPS) is 14.1. The molecule has 0 saturated carbocycles.